The number of aliphatic imine (C=N–C) groups is 1. The van der Waals surface area contributed by atoms with Gasteiger partial charge in [0, 0.05) is 56.6 Å². The Balaban J connectivity index is 1.78. The van der Waals surface area contributed by atoms with Crippen LogP contribution in [0.15, 0.2) is 102 Å². The van der Waals surface area contributed by atoms with Crippen LogP contribution in [-0.2, 0) is 60.7 Å². The molecule has 1 aliphatic heterocycles. The summed E-state index contributed by atoms with van der Waals surface area (Å²) in [6, 6.07) is 7.93. The number of hydrogen-bond acceptors (Lipinski definition) is 11. The summed E-state index contributed by atoms with van der Waals surface area (Å²) in [5.74, 6) is -11.1. The molecule has 0 radical (unpaired) electrons. The third-order valence-electron chi connectivity index (χ3n) is 12.9. The number of amides is 7. The van der Waals surface area contributed by atoms with E-state index < -0.39 is 120 Å². The minimum Gasteiger partial charge on any atom is -0.480 e. The highest BCUT2D eigenvalue weighted by molar-refractivity contribution is 6.00. The van der Waals surface area contributed by atoms with Crippen molar-refractivity contribution in [2.24, 2.45) is 28.3 Å². The Hall–Kier alpha value is -8.34. The quantitative estimate of drug-likeness (QED) is 0.0333. The molecule has 3 aromatic rings. The monoisotopic (exact) mass is 1050 g/mol. The van der Waals surface area contributed by atoms with E-state index in [9.17, 15) is 53.4 Å². The number of carbonyl (C=O) groups is 9. The maximum absolute atomic E-state index is 14.7. The van der Waals surface area contributed by atoms with Gasteiger partial charge in [0.1, 0.15) is 35.9 Å². The van der Waals surface area contributed by atoms with Crippen LogP contribution in [0.25, 0.3) is 10.9 Å². The predicted octanol–water partition coefficient (Wildman–Crippen LogP) is 1.05. The van der Waals surface area contributed by atoms with Crippen LogP contribution < -0.4 is 43.4 Å². The topological polar surface area (TPSA) is 359 Å². The van der Waals surface area contributed by atoms with Crippen molar-refractivity contribution in [3.63, 3.8) is 0 Å². The van der Waals surface area contributed by atoms with E-state index in [1.165, 1.54) is 20.9 Å². The lowest BCUT2D eigenvalue weighted by Crippen LogP contribution is -2.57. The smallest absolute Gasteiger partial charge is 0.326 e. The van der Waals surface area contributed by atoms with Gasteiger partial charge in [0.2, 0.25) is 35.4 Å². The highest BCUT2D eigenvalue weighted by Gasteiger charge is 2.34. The number of aromatic nitrogens is 1. The van der Waals surface area contributed by atoms with Gasteiger partial charge in [0.15, 0.2) is 5.96 Å². The van der Waals surface area contributed by atoms with Crippen LogP contribution in [0.4, 0.5) is 0 Å². The van der Waals surface area contributed by atoms with Gasteiger partial charge >= 0.3 is 11.9 Å². The molecule has 9 unspecified atom stereocenters. The molecule has 13 N–H and O–H groups in total. The number of ether oxygens (including phenoxy) is 1. The molecule has 76 heavy (non-hydrogen) atoms. The van der Waals surface area contributed by atoms with Crippen LogP contribution in [0.2, 0.25) is 0 Å². The molecule has 1 aromatic heterocycles. The number of nitrogens with one attached hydrogen (secondary N) is 7. The summed E-state index contributed by atoms with van der Waals surface area (Å²) < 4.78 is 5.84. The maximum atomic E-state index is 14.7. The third kappa shape index (κ3) is 18.2. The highest BCUT2D eigenvalue weighted by Crippen LogP contribution is 2.21. The number of benzene rings is 2. The number of rotatable bonds is 15. The third-order valence-corrected chi connectivity index (χ3v) is 12.9. The minimum atomic E-state index is -1.91. The van der Waals surface area contributed by atoms with Gasteiger partial charge in [-0.25, -0.2) is 9.59 Å². The van der Waals surface area contributed by atoms with E-state index in [-0.39, 0.29) is 43.8 Å². The number of para-hydroxylation sites is 1. The molecule has 0 aliphatic carbocycles. The highest BCUT2D eigenvalue weighted by atomic mass is 16.5. The number of hydrogen-bond donors (Lipinski definition) is 11. The van der Waals surface area contributed by atoms with Crippen molar-refractivity contribution in [1.82, 2.24) is 41.8 Å². The van der Waals surface area contributed by atoms with Gasteiger partial charge in [0.05, 0.1) is 24.5 Å². The van der Waals surface area contributed by atoms with Gasteiger partial charge in [-0.05, 0) is 56.7 Å². The molecule has 23 nitrogen and oxygen atoms in total. The summed E-state index contributed by atoms with van der Waals surface area (Å²) >= 11 is 0. The number of methoxy groups -OCH3 is 1. The molecule has 23 heteroatoms. The van der Waals surface area contributed by atoms with E-state index in [4.69, 9.17) is 16.2 Å². The zero-order valence-electron chi connectivity index (χ0n) is 43.6. The average Bonchev–Trinajstić information content (AvgIpc) is 3.79. The van der Waals surface area contributed by atoms with Crippen LogP contribution in [-0.4, -0.2) is 142 Å². The van der Waals surface area contributed by atoms with E-state index in [2.05, 4.69) is 48.5 Å². The Morgan fingerprint density at radius 2 is 1.50 bits per heavy atom. The first-order valence-corrected chi connectivity index (χ1v) is 24.8. The predicted molar refractivity (Wildman–Crippen MR) is 282 cm³/mol. The Morgan fingerprint density at radius 1 is 0.855 bits per heavy atom. The molecule has 0 saturated carbocycles. The maximum Gasteiger partial charge on any atom is 0.326 e. The number of carbonyl (C=O) groups excluding carboxylic acids is 7. The van der Waals surface area contributed by atoms with Crippen LogP contribution in [0, 0.1) is 11.8 Å². The number of aliphatic carboxylic acids is 2. The molecule has 2 heterocycles. The number of fused-ring (bicyclic) bond motifs is 1. The fourth-order valence-corrected chi connectivity index (χ4v) is 8.29. The molecule has 4 rings (SSSR count). The second kappa shape index (κ2) is 28.9. The lowest BCUT2D eigenvalue weighted by Gasteiger charge is -2.27. The van der Waals surface area contributed by atoms with Gasteiger partial charge in [-0.3, -0.25) is 38.6 Å². The number of guanidine groups is 1. The first-order chi connectivity index (χ1) is 36.0. The van der Waals surface area contributed by atoms with E-state index in [0.29, 0.717) is 28.5 Å². The van der Waals surface area contributed by atoms with Gasteiger partial charge in [-0.1, -0.05) is 92.8 Å². The molecule has 1 aliphatic rings. The molecule has 0 spiro atoms. The van der Waals surface area contributed by atoms with Gasteiger partial charge < -0.3 is 68.2 Å². The number of nitrogens with zero attached hydrogens (tertiary/aromatic N) is 2. The average molecular weight is 1050 g/mol. The number of aromatic amines is 1. The van der Waals surface area contributed by atoms with Crippen molar-refractivity contribution in [1.29, 1.82) is 0 Å². The Kier molecular flexibility index (Phi) is 22.9. The van der Waals surface area contributed by atoms with Crippen LogP contribution in [0.3, 0.4) is 0 Å². The summed E-state index contributed by atoms with van der Waals surface area (Å²) in [4.78, 5) is 130. The van der Waals surface area contributed by atoms with Gasteiger partial charge in [-0.2, -0.15) is 0 Å². The number of allylic oxidation sites excluding steroid dienone is 2. The zero-order chi connectivity index (χ0) is 56.2. The van der Waals surface area contributed by atoms with Crippen LogP contribution in [0.1, 0.15) is 70.9 Å². The molecule has 9 atom stereocenters. The molecule has 410 valence electrons. The molecule has 7 amide bonds. The minimum absolute atomic E-state index is 0.00544. The summed E-state index contributed by atoms with van der Waals surface area (Å²) in [7, 11) is 2.82. The summed E-state index contributed by atoms with van der Waals surface area (Å²) in [5.41, 5.74) is 13.5. The summed E-state index contributed by atoms with van der Waals surface area (Å²) in [5, 5.41) is 36.3. The lowest BCUT2D eigenvalue weighted by molar-refractivity contribution is -0.144. The summed E-state index contributed by atoms with van der Waals surface area (Å²) in [6.45, 7) is 10.2. The molecular weight excluding hydrogens is 983 g/mol. The number of carboxylic acid groups (broad SMARTS) is 2. The Morgan fingerprint density at radius 3 is 2.16 bits per heavy atom. The first-order valence-electron chi connectivity index (χ1n) is 24.8. The second-order valence-corrected chi connectivity index (χ2v) is 18.7. The van der Waals surface area contributed by atoms with Gasteiger partial charge in [0.25, 0.3) is 5.91 Å². The molecule has 1 fully saturated rings. The van der Waals surface area contributed by atoms with Crippen molar-refractivity contribution in [3.8, 4) is 0 Å². The fourth-order valence-electron chi connectivity index (χ4n) is 8.29. The normalized spacial score (nSPS) is 23.4. The van der Waals surface area contributed by atoms with Gasteiger partial charge in [-0.15, -0.1) is 0 Å². The van der Waals surface area contributed by atoms with Crippen LogP contribution in [0.5, 0.6) is 0 Å². The van der Waals surface area contributed by atoms with Crippen molar-refractivity contribution in [3.05, 3.63) is 108 Å². The second-order valence-electron chi connectivity index (χ2n) is 18.7. The van der Waals surface area contributed by atoms with Crippen LogP contribution >= 0.6 is 0 Å². The number of carboxylic acids is 2. The lowest BCUT2D eigenvalue weighted by atomic mass is 9.94. The zero-order valence-corrected chi connectivity index (χ0v) is 43.6. The number of H-pyrrole nitrogens is 1. The van der Waals surface area contributed by atoms with Crippen molar-refractivity contribution < 1.29 is 58.1 Å². The fraction of sp³-hybridized carbons (Fsp3) is 0.434. The standard InChI is InChI=1S/C53H71N11O12/c1-29(24-30(2)43(76-7)25-34-14-9-8-10-15-34)19-20-37-31(3)46(67)62-40(51(72)73)21-22-45(66)64(6)33(5)48(69)58-32(4)47(68)61-39(18-13-23-56-53(54)55)49(70)63-42(52(74)75)27-44(65)59-41(50(71)60-37)26-35-28-57-38-17-12-11-16-36(35)38/h8-12,14-17,19-20,24,28,30-32,37,39-43,57H,5,13,18,21-23,25-27H2,1-4,6-7H3,(H,58,69)(H,59,65)(H,60,71)(H,61,68)(H,62,67)(H,63,70)(H,72,73)(H,74,75)(H4,54,55,56). The van der Waals surface area contributed by atoms with E-state index >= 15 is 0 Å². The largest absolute Gasteiger partial charge is 0.480 e. The molecule has 2 aromatic carbocycles. The van der Waals surface area contributed by atoms with E-state index in [1.54, 1.807) is 49.7 Å². The number of likely N-dealkylation sites (N-methyl/N-ethyl adjacent to an activating group) is 1. The van der Waals surface area contributed by atoms with E-state index in [1.807, 2.05) is 50.3 Å². The first kappa shape index (κ1) is 60.2. The Bertz CT molecular complexity index is 2680. The van der Waals surface area contributed by atoms with Crippen molar-refractivity contribution in [2.45, 2.75) is 115 Å². The Labute approximate surface area is 440 Å². The van der Waals surface area contributed by atoms with Crippen molar-refractivity contribution in [2.75, 3.05) is 20.7 Å². The SMILES string of the molecule is C=C1C(=O)NC(C)C(=O)NC(CCCN=C(N)N)C(=O)NC(C(=O)O)CC(=O)NC(Cc2c[nH]c3ccccc23)C(=O)NC(C=CC(C)=CC(C)C(Cc2ccccc2)OC)C(C)C(=O)NC(C(=O)O)CCC(=O)N1C. The van der Waals surface area contributed by atoms with E-state index in [0.717, 1.165) is 10.5 Å². The number of nitrogens with two attached hydrogens (primary N) is 2. The molecule has 0 bridgehead atoms. The molecule has 1 saturated heterocycles. The summed E-state index contributed by atoms with van der Waals surface area (Å²) in [6.07, 6.45) is 5.16. The molecular formula is C53H71N11O12. The van der Waals surface area contributed by atoms with Crippen molar-refractivity contribution >= 4 is 70.2 Å².